The van der Waals surface area contributed by atoms with Gasteiger partial charge in [0, 0.05) is 17.2 Å². The maximum Gasteiger partial charge on any atom is 0.276 e. The van der Waals surface area contributed by atoms with Gasteiger partial charge in [-0.25, -0.2) is 18.9 Å². The van der Waals surface area contributed by atoms with Gasteiger partial charge >= 0.3 is 0 Å². The van der Waals surface area contributed by atoms with Crippen LogP contribution < -0.4 is 10.1 Å². The molecule has 0 bridgehead atoms. The van der Waals surface area contributed by atoms with Crippen LogP contribution in [0.4, 0.5) is 9.52 Å². The standard InChI is InChI=1S/C27H18FN5O2S/c1-35-19-11-12-20-24(13-19)36-27(30-20)31-26(34)22-14-23(17-7-9-18(28)10-8-17)33-25(29-22)15-21(32-33)16-5-3-2-4-6-16/h2-15H,1H3,(H,30,31,34). The summed E-state index contributed by atoms with van der Waals surface area (Å²) in [4.78, 5) is 22.3. The first-order valence-electron chi connectivity index (χ1n) is 11.1. The number of ether oxygens (including phenoxy) is 1. The Bertz CT molecular complexity index is 1730. The van der Waals surface area contributed by atoms with E-state index in [2.05, 4.69) is 15.3 Å². The summed E-state index contributed by atoms with van der Waals surface area (Å²) in [6, 6.07) is 24.8. The zero-order valence-corrected chi connectivity index (χ0v) is 19.8. The van der Waals surface area contributed by atoms with Crippen molar-refractivity contribution in [2.24, 2.45) is 0 Å². The summed E-state index contributed by atoms with van der Waals surface area (Å²) in [6.45, 7) is 0. The molecule has 0 aliphatic carbocycles. The zero-order valence-electron chi connectivity index (χ0n) is 19.0. The van der Waals surface area contributed by atoms with Crippen LogP contribution >= 0.6 is 11.3 Å². The maximum atomic E-state index is 13.6. The highest BCUT2D eigenvalue weighted by molar-refractivity contribution is 7.22. The van der Waals surface area contributed by atoms with E-state index in [1.54, 1.807) is 29.8 Å². The number of carbonyl (C=O) groups is 1. The number of nitrogens with one attached hydrogen (secondary N) is 1. The molecule has 0 aliphatic rings. The van der Waals surface area contributed by atoms with E-state index < -0.39 is 5.91 Å². The number of hydrogen-bond donors (Lipinski definition) is 1. The molecule has 9 heteroatoms. The molecule has 6 rings (SSSR count). The van der Waals surface area contributed by atoms with Crippen molar-refractivity contribution in [2.75, 3.05) is 12.4 Å². The molecule has 0 spiro atoms. The lowest BCUT2D eigenvalue weighted by Gasteiger charge is -2.08. The number of rotatable bonds is 5. The SMILES string of the molecule is COc1ccc2nc(NC(=O)c3cc(-c4ccc(F)cc4)n4nc(-c5ccccc5)cc4n3)sc2c1. The van der Waals surface area contributed by atoms with Crippen molar-refractivity contribution < 1.29 is 13.9 Å². The summed E-state index contributed by atoms with van der Waals surface area (Å²) < 4.78 is 21.4. The second-order valence-corrected chi connectivity index (χ2v) is 9.04. The van der Waals surface area contributed by atoms with Gasteiger partial charge in [-0.3, -0.25) is 10.1 Å². The Morgan fingerprint density at radius 1 is 0.944 bits per heavy atom. The lowest BCUT2D eigenvalue weighted by molar-refractivity contribution is 0.102. The minimum Gasteiger partial charge on any atom is -0.497 e. The van der Waals surface area contributed by atoms with Gasteiger partial charge in [0.2, 0.25) is 0 Å². The number of thiazole rings is 1. The van der Waals surface area contributed by atoms with E-state index in [4.69, 9.17) is 9.84 Å². The fourth-order valence-electron chi connectivity index (χ4n) is 3.91. The van der Waals surface area contributed by atoms with Crippen LogP contribution in [0.3, 0.4) is 0 Å². The second kappa shape index (κ2) is 8.86. The van der Waals surface area contributed by atoms with Crippen molar-refractivity contribution >= 4 is 38.2 Å². The number of halogens is 1. The lowest BCUT2D eigenvalue weighted by atomic mass is 10.1. The first-order chi connectivity index (χ1) is 17.6. The minimum atomic E-state index is -0.408. The third-order valence-corrected chi connectivity index (χ3v) is 6.62. The van der Waals surface area contributed by atoms with Crippen LogP contribution in [0.15, 0.2) is 84.9 Å². The number of nitrogens with zero attached hydrogens (tertiary/aromatic N) is 4. The Labute approximate surface area is 208 Å². The van der Waals surface area contributed by atoms with Gasteiger partial charge < -0.3 is 4.74 Å². The normalized spacial score (nSPS) is 11.2. The predicted molar refractivity (Wildman–Crippen MR) is 138 cm³/mol. The molecule has 0 saturated heterocycles. The molecule has 0 radical (unpaired) electrons. The molecule has 7 nitrogen and oxygen atoms in total. The monoisotopic (exact) mass is 495 g/mol. The Balaban J connectivity index is 1.42. The number of benzene rings is 3. The van der Waals surface area contributed by atoms with Crippen molar-refractivity contribution in [1.29, 1.82) is 0 Å². The molecule has 1 N–H and O–H groups in total. The molecule has 0 saturated carbocycles. The van der Waals surface area contributed by atoms with Crippen LogP contribution in [-0.4, -0.2) is 32.6 Å². The Kier molecular flexibility index (Phi) is 5.38. The maximum absolute atomic E-state index is 13.6. The number of carbonyl (C=O) groups excluding carboxylic acids is 1. The highest BCUT2D eigenvalue weighted by Gasteiger charge is 2.18. The Hall–Kier alpha value is -4.63. The average Bonchev–Trinajstić information content (AvgIpc) is 3.52. The van der Waals surface area contributed by atoms with E-state index in [1.807, 2.05) is 54.6 Å². The van der Waals surface area contributed by atoms with E-state index in [0.717, 1.165) is 21.5 Å². The average molecular weight is 496 g/mol. The zero-order chi connectivity index (χ0) is 24.6. The lowest BCUT2D eigenvalue weighted by Crippen LogP contribution is -2.15. The summed E-state index contributed by atoms with van der Waals surface area (Å²) in [5, 5.41) is 8.02. The van der Waals surface area contributed by atoms with E-state index in [1.165, 1.54) is 23.5 Å². The number of hydrogen-bond acceptors (Lipinski definition) is 6. The highest BCUT2D eigenvalue weighted by Crippen LogP contribution is 2.30. The van der Waals surface area contributed by atoms with Gasteiger partial charge in [0.15, 0.2) is 10.8 Å². The van der Waals surface area contributed by atoms with Gasteiger partial charge in [0.1, 0.15) is 17.3 Å². The number of methoxy groups -OCH3 is 1. The topological polar surface area (TPSA) is 81.4 Å². The molecule has 176 valence electrons. The summed E-state index contributed by atoms with van der Waals surface area (Å²) in [6.07, 6.45) is 0. The van der Waals surface area contributed by atoms with Crippen molar-refractivity contribution in [3.05, 3.63) is 96.4 Å². The molecule has 3 aromatic heterocycles. The largest absolute Gasteiger partial charge is 0.497 e. The summed E-state index contributed by atoms with van der Waals surface area (Å²) in [7, 11) is 1.60. The molecule has 3 aromatic carbocycles. The molecule has 36 heavy (non-hydrogen) atoms. The first-order valence-corrected chi connectivity index (χ1v) is 11.9. The second-order valence-electron chi connectivity index (χ2n) is 8.01. The molecular formula is C27H18FN5O2S. The van der Waals surface area contributed by atoms with Crippen LogP contribution in [0.25, 0.3) is 38.4 Å². The van der Waals surface area contributed by atoms with Crippen molar-refractivity contribution in [2.45, 2.75) is 0 Å². The van der Waals surface area contributed by atoms with Crippen LogP contribution in [0.1, 0.15) is 10.5 Å². The van der Waals surface area contributed by atoms with E-state index >= 15 is 0 Å². The molecular weight excluding hydrogens is 477 g/mol. The van der Waals surface area contributed by atoms with Crippen LogP contribution in [-0.2, 0) is 0 Å². The van der Waals surface area contributed by atoms with Crippen LogP contribution in [0.2, 0.25) is 0 Å². The molecule has 6 aromatic rings. The number of amides is 1. The smallest absolute Gasteiger partial charge is 0.276 e. The molecule has 0 atom stereocenters. The van der Waals surface area contributed by atoms with Gasteiger partial charge in [0.25, 0.3) is 5.91 Å². The van der Waals surface area contributed by atoms with Gasteiger partial charge in [0.05, 0.1) is 28.7 Å². The van der Waals surface area contributed by atoms with Gasteiger partial charge in [-0.05, 0) is 48.5 Å². The van der Waals surface area contributed by atoms with E-state index in [-0.39, 0.29) is 11.5 Å². The van der Waals surface area contributed by atoms with Crippen molar-refractivity contribution in [1.82, 2.24) is 19.6 Å². The van der Waals surface area contributed by atoms with E-state index in [9.17, 15) is 9.18 Å². The highest BCUT2D eigenvalue weighted by atomic mass is 32.1. The summed E-state index contributed by atoms with van der Waals surface area (Å²) in [5.74, 6) is -0.0377. The fraction of sp³-hybridized carbons (Fsp3) is 0.0370. The van der Waals surface area contributed by atoms with Gasteiger partial charge in [-0.15, -0.1) is 0 Å². The summed E-state index contributed by atoms with van der Waals surface area (Å²) >= 11 is 1.35. The van der Waals surface area contributed by atoms with Crippen molar-refractivity contribution in [3.8, 4) is 28.3 Å². The van der Waals surface area contributed by atoms with Crippen LogP contribution in [0.5, 0.6) is 5.75 Å². The quantitative estimate of drug-likeness (QED) is 0.314. The number of anilines is 1. The summed E-state index contributed by atoms with van der Waals surface area (Å²) in [5.41, 5.74) is 4.39. The molecule has 0 aliphatic heterocycles. The Morgan fingerprint density at radius 2 is 1.75 bits per heavy atom. The minimum absolute atomic E-state index is 0.193. The molecule has 0 fully saturated rings. The van der Waals surface area contributed by atoms with Crippen molar-refractivity contribution in [3.63, 3.8) is 0 Å². The Morgan fingerprint density at radius 3 is 2.53 bits per heavy atom. The van der Waals surface area contributed by atoms with E-state index in [0.29, 0.717) is 27.7 Å². The van der Waals surface area contributed by atoms with Gasteiger partial charge in [-0.2, -0.15) is 5.10 Å². The molecule has 1 amide bonds. The number of fused-ring (bicyclic) bond motifs is 2. The predicted octanol–water partition coefficient (Wildman–Crippen LogP) is 6.07. The first kappa shape index (κ1) is 21.9. The third kappa shape index (κ3) is 4.05. The molecule has 3 heterocycles. The fourth-order valence-corrected chi connectivity index (χ4v) is 4.80. The van der Waals surface area contributed by atoms with Gasteiger partial charge in [-0.1, -0.05) is 41.7 Å². The molecule has 0 unspecified atom stereocenters. The van der Waals surface area contributed by atoms with Crippen LogP contribution in [0, 0.1) is 5.82 Å². The third-order valence-electron chi connectivity index (χ3n) is 5.69. The number of aromatic nitrogens is 4.